The fraction of sp³-hybridized carbons (Fsp3) is 0.375. The molecule has 0 atom stereocenters. The second-order valence-corrected chi connectivity index (χ2v) is 5.99. The van der Waals surface area contributed by atoms with Crippen LogP contribution < -0.4 is 5.32 Å². The van der Waals surface area contributed by atoms with Crippen LogP contribution in [0.2, 0.25) is 5.02 Å². The topological polar surface area (TPSA) is 62.2 Å². The number of aromatic nitrogens is 1. The predicted molar refractivity (Wildman–Crippen MR) is 83.8 cm³/mol. The van der Waals surface area contributed by atoms with Crippen molar-refractivity contribution in [1.82, 2.24) is 4.98 Å². The molecule has 0 amide bonds. The van der Waals surface area contributed by atoms with Gasteiger partial charge in [0.1, 0.15) is 0 Å². The standard InChI is InChI=1S/C16H17ClN2O2/c17-11-3-6-14-13(9-11)15(7-8-18-14)19-12-4-1-10(2-5-12)16(20)21/h3,6-10,12H,1-2,4-5H2,(H,18,19)(H,20,21). The molecule has 5 heteroatoms. The highest BCUT2D eigenvalue weighted by atomic mass is 35.5. The molecule has 2 N–H and O–H groups in total. The van der Waals surface area contributed by atoms with E-state index in [1.54, 1.807) is 6.20 Å². The van der Waals surface area contributed by atoms with Crippen molar-refractivity contribution in [2.45, 2.75) is 31.7 Å². The molecule has 2 aromatic rings. The number of carboxylic acids is 1. The Balaban J connectivity index is 1.77. The molecule has 0 aliphatic heterocycles. The lowest BCUT2D eigenvalue weighted by Crippen LogP contribution is -2.29. The van der Waals surface area contributed by atoms with Gasteiger partial charge in [-0.25, -0.2) is 0 Å². The Morgan fingerprint density at radius 2 is 2.00 bits per heavy atom. The molecule has 0 bridgehead atoms. The lowest BCUT2D eigenvalue weighted by molar-refractivity contribution is -0.142. The van der Waals surface area contributed by atoms with Gasteiger partial charge in [0.05, 0.1) is 11.4 Å². The molecular weight excluding hydrogens is 288 g/mol. The van der Waals surface area contributed by atoms with E-state index >= 15 is 0 Å². The van der Waals surface area contributed by atoms with Crippen molar-refractivity contribution >= 4 is 34.2 Å². The van der Waals surface area contributed by atoms with Gasteiger partial charge in [0.15, 0.2) is 0 Å². The van der Waals surface area contributed by atoms with Gasteiger partial charge in [-0.15, -0.1) is 0 Å². The van der Waals surface area contributed by atoms with Crippen molar-refractivity contribution in [1.29, 1.82) is 0 Å². The molecule has 1 aromatic heterocycles. The van der Waals surface area contributed by atoms with Crippen LogP contribution in [0.15, 0.2) is 30.5 Å². The largest absolute Gasteiger partial charge is 0.481 e. The monoisotopic (exact) mass is 304 g/mol. The summed E-state index contributed by atoms with van der Waals surface area (Å²) in [4.78, 5) is 15.3. The van der Waals surface area contributed by atoms with E-state index in [0.29, 0.717) is 11.1 Å². The first-order chi connectivity index (χ1) is 10.1. The van der Waals surface area contributed by atoms with Crippen molar-refractivity contribution < 1.29 is 9.90 Å². The van der Waals surface area contributed by atoms with Crippen LogP contribution >= 0.6 is 11.6 Å². The number of hydrogen-bond acceptors (Lipinski definition) is 3. The summed E-state index contributed by atoms with van der Waals surface area (Å²) in [6.45, 7) is 0. The van der Waals surface area contributed by atoms with Crippen LogP contribution in [0.1, 0.15) is 25.7 Å². The first-order valence-electron chi connectivity index (χ1n) is 7.17. The van der Waals surface area contributed by atoms with Gasteiger partial charge >= 0.3 is 5.97 Å². The molecule has 3 rings (SSSR count). The average Bonchev–Trinajstić information content (AvgIpc) is 2.48. The molecule has 1 heterocycles. The minimum absolute atomic E-state index is 0.188. The third-order valence-corrected chi connectivity index (χ3v) is 4.37. The fourth-order valence-electron chi connectivity index (χ4n) is 2.95. The summed E-state index contributed by atoms with van der Waals surface area (Å²) in [7, 11) is 0. The molecule has 110 valence electrons. The molecule has 1 fully saturated rings. The average molecular weight is 305 g/mol. The summed E-state index contributed by atoms with van der Waals surface area (Å²) >= 11 is 6.07. The lowest BCUT2D eigenvalue weighted by Gasteiger charge is -2.28. The number of anilines is 1. The Hall–Kier alpha value is -1.81. The molecule has 1 aliphatic rings. The number of hydrogen-bond donors (Lipinski definition) is 2. The number of fused-ring (bicyclic) bond motifs is 1. The molecule has 1 saturated carbocycles. The SMILES string of the molecule is O=C(O)C1CCC(Nc2ccnc3ccc(Cl)cc23)CC1. The van der Waals surface area contributed by atoms with Crippen molar-refractivity contribution in [3.05, 3.63) is 35.5 Å². The Kier molecular flexibility index (Phi) is 3.97. The van der Waals surface area contributed by atoms with Crippen molar-refractivity contribution in [2.75, 3.05) is 5.32 Å². The smallest absolute Gasteiger partial charge is 0.306 e. The van der Waals surface area contributed by atoms with Crippen LogP contribution in [-0.4, -0.2) is 22.1 Å². The number of carboxylic acid groups (broad SMARTS) is 1. The van der Waals surface area contributed by atoms with E-state index in [9.17, 15) is 4.79 Å². The minimum Gasteiger partial charge on any atom is -0.481 e. The molecule has 21 heavy (non-hydrogen) atoms. The summed E-state index contributed by atoms with van der Waals surface area (Å²) in [5.41, 5.74) is 1.92. The minimum atomic E-state index is -0.672. The van der Waals surface area contributed by atoms with Crippen LogP contribution in [0, 0.1) is 5.92 Å². The van der Waals surface area contributed by atoms with Gasteiger partial charge in [-0.05, 0) is 49.9 Å². The third-order valence-electron chi connectivity index (χ3n) is 4.14. The normalized spacial score (nSPS) is 22.1. The Bertz CT molecular complexity index is 666. The maximum atomic E-state index is 11.0. The molecule has 0 radical (unpaired) electrons. The number of benzene rings is 1. The van der Waals surface area contributed by atoms with Crippen LogP contribution in [0.5, 0.6) is 0 Å². The van der Waals surface area contributed by atoms with E-state index in [0.717, 1.165) is 42.3 Å². The summed E-state index contributed by atoms with van der Waals surface area (Å²) in [6, 6.07) is 7.91. The molecule has 1 aliphatic carbocycles. The van der Waals surface area contributed by atoms with Gasteiger partial charge in [0.25, 0.3) is 0 Å². The van der Waals surface area contributed by atoms with Crippen molar-refractivity contribution in [3.8, 4) is 0 Å². The Morgan fingerprint density at radius 1 is 1.24 bits per heavy atom. The predicted octanol–water partition coefficient (Wildman–Crippen LogP) is 3.94. The Labute approximate surface area is 128 Å². The van der Waals surface area contributed by atoms with E-state index in [2.05, 4.69) is 10.3 Å². The van der Waals surface area contributed by atoms with Crippen LogP contribution in [0.4, 0.5) is 5.69 Å². The van der Waals surface area contributed by atoms with E-state index < -0.39 is 5.97 Å². The summed E-state index contributed by atoms with van der Waals surface area (Å²) in [5.74, 6) is -0.860. The zero-order valence-corrected chi connectivity index (χ0v) is 12.3. The van der Waals surface area contributed by atoms with E-state index in [-0.39, 0.29) is 5.92 Å². The summed E-state index contributed by atoms with van der Waals surface area (Å²) < 4.78 is 0. The second-order valence-electron chi connectivity index (χ2n) is 5.55. The molecule has 0 spiro atoms. The van der Waals surface area contributed by atoms with E-state index in [4.69, 9.17) is 16.7 Å². The molecule has 4 nitrogen and oxygen atoms in total. The number of pyridine rings is 1. The molecule has 0 saturated heterocycles. The van der Waals surface area contributed by atoms with Crippen LogP contribution in [-0.2, 0) is 4.79 Å². The maximum absolute atomic E-state index is 11.0. The summed E-state index contributed by atoms with van der Waals surface area (Å²) in [5, 5.41) is 14.3. The maximum Gasteiger partial charge on any atom is 0.306 e. The first-order valence-corrected chi connectivity index (χ1v) is 7.55. The molecule has 0 unspecified atom stereocenters. The van der Waals surface area contributed by atoms with Gasteiger partial charge in [-0.2, -0.15) is 0 Å². The van der Waals surface area contributed by atoms with Crippen LogP contribution in [0.3, 0.4) is 0 Å². The number of rotatable bonds is 3. The number of nitrogens with zero attached hydrogens (tertiary/aromatic N) is 1. The lowest BCUT2D eigenvalue weighted by atomic mass is 9.86. The Morgan fingerprint density at radius 3 is 2.71 bits per heavy atom. The fourth-order valence-corrected chi connectivity index (χ4v) is 3.12. The van der Waals surface area contributed by atoms with E-state index in [1.165, 1.54) is 0 Å². The second kappa shape index (κ2) is 5.90. The van der Waals surface area contributed by atoms with Crippen molar-refractivity contribution in [3.63, 3.8) is 0 Å². The van der Waals surface area contributed by atoms with Gasteiger partial charge in [-0.1, -0.05) is 11.6 Å². The van der Waals surface area contributed by atoms with E-state index in [1.807, 2.05) is 24.3 Å². The third kappa shape index (κ3) is 3.10. The van der Waals surface area contributed by atoms with Crippen molar-refractivity contribution in [2.24, 2.45) is 5.92 Å². The van der Waals surface area contributed by atoms with Gasteiger partial charge in [0, 0.05) is 28.3 Å². The van der Waals surface area contributed by atoms with Gasteiger partial charge in [-0.3, -0.25) is 9.78 Å². The highest BCUT2D eigenvalue weighted by molar-refractivity contribution is 6.31. The molecular formula is C16H17ClN2O2. The highest BCUT2D eigenvalue weighted by Gasteiger charge is 2.25. The molecule has 1 aromatic carbocycles. The quantitative estimate of drug-likeness (QED) is 0.901. The number of carbonyl (C=O) groups is 1. The zero-order valence-electron chi connectivity index (χ0n) is 11.6. The highest BCUT2D eigenvalue weighted by Crippen LogP contribution is 2.30. The first kappa shape index (κ1) is 14.1. The number of nitrogens with one attached hydrogen (secondary N) is 1. The van der Waals surface area contributed by atoms with Crippen LogP contribution in [0.25, 0.3) is 10.9 Å². The number of aliphatic carboxylic acids is 1. The number of halogens is 1. The zero-order chi connectivity index (χ0) is 14.8. The van der Waals surface area contributed by atoms with Gasteiger partial charge in [0.2, 0.25) is 0 Å². The summed E-state index contributed by atoms with van der Waals surface area (Å²) in [6.07, 6.45) is 5.00. The van der Waals surface area contributed by atoms with Gasteiger partial charge < -0.3 is 10.4 Å².